The summed E-state index contributed by atoms with van der Waals surface area (Å²) in [4.78, 5) is 8.89. The topological polar surface area (TPSA) is 52.0 Å². The van der Waals surface area contributed by atoms with Crippen LogP contribution in [-0.4, -0.2) is 27.2 Å². The zero-order chi connectivity index (χ0) is 15.8. The molecule has 3 aromatic rings. The summed E-state index contributed by atoms with van der Waals surface area (Å²) >= 11 is 0. The number of hydrogen-bond acceptors (Lipinski definition) is 4. The van der Waals surface area contributed by atoms with Gasteiger partial charge >= 0.3 is 0 Å². The number of pyridine rings is 2. The van der Waals surface area contributed by atoms with E-state index in [1.807, 2.05) is 25.4 Å². The molecule has 0 amide bonds. The number of rotatable bonds is 4. The van der Waals surface area contributed by atoms with E-state index in [0.717, 1.165) is 42.2 Å². The van der Waals surface area contributed by atoms with E-state index in [0.29, 0.717) is 6.10 Å². The quantitative estimate of drug-likeness (QED) is 0.781. The molecule has 5 heteroatoms. The molecule has 0 aromatic carbocycles. The summed E-state index contributed by atoms with van der Waals surface area (Å²) in [6.07, 6.45) is 7.28. The first kappa shape index (κ1) is 16.5. The van der Waals surface area contributed by atoms with Crippen molar-refractivity contribution in [2.75, 3.05) is 11.9 Å². The third-order valence-corrected chi connectivity index (χ3v) is 4.48. The Morgan fingerprint density at radius 2 is 2.00 bits per heavy atom. The highest BCUT2D eigenvalue weighted by Gasteiger charge is 2.19. The van der Waals surface area contributed by atoms with Gasteiger partial charge in [-0.15, -0.1) is 0 Å². The first-order chi connectivity index (χ1) is 11.2. The van der Waals surface area contributed by atoms with Crippen LogP contribution < -0.4 is 5.32 Å². The molecule has 1 saturated heterocycles. The summed E-state index contributed by atoms with van der Waals surface area (Å²) in [5, 5.41) is 4.58. The van der Waals surface area contributed by atoms with Gasteiger partial charge in [0, 0.05) is 37.1 Å². The summed E-state index contributed by atoms with van der Waals surface area (Å²) in [5.74, 6) is 0.870. The monoisotopic (exact) mass is 324 g/mol. The van der Waals surface area contributed by atoms with Gasteiger partial charge in [0.1, 0.15) is 5.82 Å². The molecule has 0 bridgehead atoms. The van der Waals surface area contributed by atoms with E-state index in [1.165, 1.54) is 11.1 Å². The summed E-state index contributed by atoms with van der Waals surface area (Å²) < 4.78 is 7.79. The lowest BCUT2D eigenvalue weighted by molar-refractivity contribution is -0.0586. The lowest BCUT2D eigenvalue weighted by Crippen LogP contribution is -2.30. The molecule has 1 N–H and O–H groups in total. The highest BCUT2D eigenvalue weighted by Crippen LogP contribution is 2.28. The molecular weight excluding hydrogens is 300 g/mol. The van der Waals surface area contributed by atoms with Crippen LogP contribution in [-0.2, 0) is 11.3 Å². The highest BCUT2D eigenvalue weighted by molar-refractivity contribution is 5.92. The van der Waals surface area contributed by atoms with E-state index < -0.39 is 0 Å². The van der Waals surface area contributed by atoms with Crippen molar-refractivity contribution in [3.8, 4) is 0 Å². The van der Waals surface area contributed by atoms with Crippen LogP contribution in [0.25, 0.3) is 10.9 Å². The van der Waals surface area contributed by atoms with Gasteiger partial charge < -0.3 is 14.6 Å². The lowest BCUT2D eigenvalue weighted by Gasteiger charge is -2.27. The van der Waals surface area contributed by atoms with E-state index in [9.17, 15) is 0 Å². The van der Waals surface area contributed by atoms with Gasteiger partial charge in [-0.1, -0.05) is 7.43 Å². The van der Waals surface area contributed by atoms with Gasteiger partial charge in [0.2, 0.25) is 0 Å². The van der Waals surface area contributed by atoms with E-state index in [4.69, 9.17) is 4.74 Å². The minimum absolute atomic E-state index is 0. The van der Waals surface area contributed by atoms with Crippen LogP contribution in [0.5, 0.6) is 0 Å². The fourth-order valence-corrected chi connectivity index (χ4v) is 3.03. The van der Waals surface area contributed by atoms with Crippen LogP contribution in [0.15, 0.2) is 36.8 Å². The van der Waals surface area contributed by atoms with Gasteiger partial charge in [0.25, 0.3) is 0 Å². The zero-order valence-corrected chi connectivity index (χ0v) is 13.4. The molecule has 1 fully saturated rings. The number of anilines is 2. The van der Waals surface area contributed by atoms with Crippen LogP contribution in [0.2, 0.25) is 0 Å². The molecular formula is C19H24N4O. The van der Waals surface area contributed by atoms with Crippen LogP contribution in [0.3, 0.4) is 0 Å². The Hall–Kier alpha value is -2.40. The van der Waals surface area contributed by atoms with Crippen molar-refractivity contribution in [2.45, 2.75) is 40.3 Å². The van der Waals surface area contributed by atoms with Crippen molar-refractivity contribution in [3.05, 3.63) is 48.0 Å². The molecule has 0 aliphatic carbocycles. The first-order valence-corrected chi connectivity index (χ1v) is 7.97. The second-order valence-electron chi connectivity index (χ2n) is 6.06. The standard InChI is InChI=1S/C18H20N4O.CH4/c1-12-3-7-19-13(2)17(12)21-18-15-5-9-22(11-14-6-10-23-14)16(15)4-8-20-18;/h3-5,7-9,14H,6,10-11H2,1-2H3,(H,20,21);1H4/t14-;/m0./s1. The number of aromatic nitrogens is 3. The Morgan fingerprint density at radius 3 is 2.71 bits per heavy atom. The summed E-state index contributed by atoms with van der Waals surface area (Å²) in [5.41, 5.74) is 4.35. The van der Waals surface area contributed by atoms with Crippen molar-refractivity contribution in [3.63, 3.8) is 0 Å². The number of hydrogen-bond donors (Lipinski definition) is 1. The van der Waals surface area contributed by atoms with Gasteiger partial charge in [0.15, 0.2) is 0 Å². The molecule has 5 nitrogen and oxygen atoms in total. The second-order valence-corrected chi connectivity index (χ2v) is 6.06. The van der Waals surface area contributed by atoms with E-state index in [-0.39, 0.29) is 7.43 Å². The lowest BCUT2D eigenvalue weighted by atomic mass is 10.2. The average Bonchev–Trinajstić information content (AvgIpc) is 2.91. The Morgan fingerprint density at radius 1 is 1.21 bits per heavy atom. The number of nitrogens with one attached hydrogen (secondary N) is 1. The van der Waals surface area contributed by atoms with Crippen LogP contribution in [0.4, 0.5) is 11.5 Å². The normalized spacial score (nSPS) is 16.5. The average molecular weight is 324 g/mol. The molecule has 4 heterocycles. The molecule has 0 radical (unpaired) electrons. The summed E-state index contributed by atoms with van der Waals surface area (Å²) in [6, 6.07) is 6.18. The van der Waals surface area contributed by atoms with Crippen molar-refractivity contribution < 1.29 is 4.74 Å². The first-order valence-electron chi connectivity index (χ1n) is 7.97. The second kappa shape index (κ2) is 6.61. The maximum absolute atomic E-state index is 5.55. The van der Waals surface area contributed by atoms with E-state index in [2.05, 4.69) is 45.1 Å². The molecule has 0 saturated carbocycles. The predicted molar refractivity (Wildman–Crippen MR) is 97.8 cm³/mol. The largest absolute Gasteiger partial charge is 0.376 e. The molecule has 126 valence electrons. The third kappa shape index (κ3) is 2.87. The SMILES string of the molecule is C.Cc1ccnc(C)c1Nc1nccc2c1ccn2C[C@@H]1CCO1. The van der Waals surface area contributed by atoms with Crippen molar-refractivity contribution in [1.29, 1.82) is 0 Å². The molecule has 0 spiro atoms. The van der Waals surface area contributed by atoms with Crippen LogP contribution in [0.1, 0.15) is 25.1 Å². The highest BCUT2D eigenvalue weighted by atomic mass is 16.5. The molecule has 1 aliphatic rings. The summed E-state index contributed by atoms with van der Waals surface area (Å²) in [6.45, 7) is 5.88. The molecule has 0 unspecified atom stereocenters. The fraction of sp³-hybridized carbons (Fsp3) is 0.368. The fourth-order valence-electron chi connectivity index (χ4n) is 3.03. The molecule has 24 heavy (non-hydrogen) atoms. The number of aryl methyl sites for hydroxylation is 2. The molecule has 1 aliphatic heterocycles. The van der Waals surface area contributed by atoms with Gasteiger partial charge in [-0.05, 0) is 44.0 Å². The molecule has 3 aromatic heterocycles. The van der Waals surface area contributed by atoms with Gasteiger partial charge in [-0.2, -0.15) is 0 Å². The number of ether oxygens (including phenoxy) is 1. The minimum atomic E-state index is 0. The summed E-state index contributed by atoms with van der Waals surface area (Å²) in [7, 11) is 0. The van der Waals surface area contributed by atoms with Gasteiger partial charge in [0.05, 0.1) is 23.0 Å². The van der Waals surface area contributed by atoms with Crippen molar-refractivity contribution in [1.82, 2.24) is 14.5 Å². The Balaban J connectivity index is 0.00000169. The van der Waals surface area contributed by atoms with Crippen LogP contribution >= 0.6 is 0 Å². The van der Waals surface area contributed by atoms with E-state index >= 15 is 0 Å². The minimum Gasteiger partial charge on any atom is -0.376 e. The Labute approximate surface area is 142 Å². The maximum atomic E-state index is 5.55. The van der Waals surface area contributed by atoms with Crippen molar-refractivity contribution in [2.24, 2.45) is 0 Å². The molecule has 4 rings (SSSR count). The zero-order valence-electron chi connectivity index (χ0n) is 13.4. The Bertz CT molecular complexity index is 831. The smallest absolute Gasteiger partial charge is 0.139 e. The Kier molecular flexibility index (Phi) is 4.53. The molecule has 1 atom stereocenters. The van der Waals surface area contributed by atoms with E-state index in [1.54, 1.807) is 0 Å². The van der Waals surface area contributed by atoms with Crippen LogP contribution in [0, 0.1) is 13.8 Å². The number of nitrogens with zero attached hydrogens (tertiary/aromatic N) is 3. The number of fused-ring (bicyclic) bond motifs is 1. The maximum Gasteiger partial charge on any atom is 0.139 e. The van der Waals surface area contributed by atoms with Crippen molar-refractivity contribution >= 4 is 22.4 Å². The third-order valence-electron chi connectivity index (χ3n) is 4.48. The van der Waals surface area contributed by atoms with Gasteiger partial charge in [-0.25, -0.2) is 4.98 Å². The predicted octanol–water partition coefficient (Wildman–Crippen LogP) is 4.22. The van der Waals surface area contributed by atoms with Gasteiger partial charge in [-0.3, -0.25) is 4.98 Å².